The van der Waals surface area contributed by atoms with Crippen LogP contribution in [-0.2, 0) is 6.42 Å². The molecule has 0 atom stereocenters. The molecule has 4 aromatic rings. The molecule has 1 amide bonds. The first kappa shape index (κ1) is 18.7. The third kappa shape index (κ3) is 3.23. The van der Waals surface area contributed by atoms with E-state index < -0.39 is 5.95 Å². The van der Waals surface area contributed by atoms with Crippen LogP contribution in [0.25, 0.3) is 16.6 Å². The first-order valence-electron chi connectivity index (χ1n) is 9.45. The highest BCUT2D eigenvalue weighted by molar-refractivity contribution is 9.10. The molecule has 4 heterocycles. The Morgan fingerprint density at radius 1 is 1.10 bits per heavy atom. The normalized spacial score (nSPS) is 13.6. The van der Waals surface area contributed by atoms with Crippen molar-refractivity contribution in [3.63, 3.8) is 0 Å². The summed E-state index contributed by atoms with van der Waals surface area (Å²) in [5.74, 6) is -0.651. The lowest BCUT2D eigenvalue weighted by atomic mass is 9.99. The quantitative estimate of drug-likeness (QED) is 0.413. The second-order valence-corrected chi connectivity index (χ2v) is 8.07. The monoisotopic (exact) mass is 465 g/mol. The molecular weight excluding hydrogens is 449 g/mol. The number of rotatable bonds is 2. The second-order valence-electron chi connectivity index (χ2n) is 7.16. The van der Waals surface area contributed by atoms with Crippen LogP contribution in [0.15, 0.2) is 65.4 Å². The Balaban J connectivity index is 1.44. The Labute approximate surface area is 180 Å². The maximum atomic E-state index is 13.5. The predicted octanol–water partition coefficient (Wildman–Crippen LogP) is 4.35. The number of aromatic nitrogens is 3. The van der Waals surface area contributed by atoms with E-state index in [9.17, 15) is 9.18 Å². The van der Waals surface area contributed by atoms with E-state index in [4.69, 9.17) is 0 Å². The Morgan fingerprint density at radius 2 is 1.93 bits per heavy atom. The van der Waals surface area contributed by atoms with Gasteiger partial charge in [-0.3, -0.25) is 9.80 Å². The molecule has 0 unspecified atom stereocenters. The van der Waals surface area contributed by atoms with Crippen LogP contribution in [0, 0.1) is 5.95 Å². The predicted molar refractivity (Wildman–Crippen MR) is 116 cm³/mol. The van der Waals surface area contributed by atoms with Crippen LogP contribution < -0.4 is 5.01 Å². The zero-order valence-corrected chi connectivity index (χ0v) is 17.7. The van der Waals surface area contributed by atoms with Crippen LogP contribution >= 0.6 is 15.9 Å². The van der Waals surface area contributed by atoms with E-state index in [1.807, 2.05) is 48.6 Å². The molecule has 3 aromatic heterocycles. The highest BCUT2D eigenvalue weighted by atomic mass is 79.9. The smallest absolute Gasteiger partial charge is 0.285 e. The summed E-state index contributed by atoms with van der Waals surface area (Å²) in [4.78, 5) is 16.8. The number of hydrogen-bond acceptors (Lipinski definition) is 4. The second kappa shape index (κ2) is 7.21. The fourth-order valence-electron chi connectivity index (χ4n) is 3.81. The van der Waals surface area contributed by atoms with Gasteiger partial charge in [-0.25, -0.2) is 14.5 Å². The third-order valence-corrected chi connectivity index (χ3v) is 5.79. The number of anilines is 1. The number of halogens is 2. The number of carbonyl (C=O) groups excluding carboxylic acids is 1. The van der Waals surface area contributed by atoms with E-state index in [1.54, 1.807) is 21.7 Å². The minimum atomic E-state index is -0.501. The van der Waals surface area contributed by atoms with Crippen molar-refractivity contribution in [2.24, 2.45) is 0 Å². The molecule has 0 saturated heterocycles. The van der Waals surface area contributed by atoms with Crippen molar-refractivity contribution in [2.75, 3.05) is 18.6 Å². The molecule has 30 heavy (non-hydrogen) atoms. The van der Waals surface area contributed by atoms with E-state index in [2.05, 4.69) is 26.0 Å². The maximum Gasteiger partial charge on any atom is 0.292 e. The van der Waals surface area contributed by atoms with Crippen LogP contribution in [0.5, 0.6) is 0 Å². The van der Waals surface area contributed by atoms with Gasteiger partial charge >= 0.3 is 0 Å². The van der Waals surface area contributed by atoms with Gasteiger partial charge in [0.25, 0.3) is 5.91 Å². The zero-order valence-electron chi connectivity index (χ0n) is 16.1. The summed E-state index contributed by atoms with van der Waals surface area (Å²) in [6.45, 7) is 0.536. The van der Waals surface area contributed by atoms with Crippen LogP contribution in [0.4, 0.5) is 10.1 Å². The van der Waals surface area contributed by atoms with Crippen molar-refractivity contribution in [2.45, 2.75) is 6.42 Å². The lowest BCUT2D eigenvalue weighted by Crippen LogP contribution is -2.48. The van der Waals surface area contributed by atoms with Gasteiger partial charge in [-0.1, -0.05) is 6.07 Å². The fraction of sp³-hybridized carbons (Fsp3) is 0.136. The zero-order chi connectivity index (χ0) is 20.8. The Kier molecular flexibility index (Phi) is 4.51. The van der Waals surface area contributed by atoms with Gasteiger partial charge in [0.2, 0.25) is 5.95 Å². The number of amides is 1. The number of benzene rings is 1. The molecule has 1 aromatic carbocycles. The van der Waals surface area contributed by atoms with E-state index in [0.717, 1.165) is 32.4 Å². The van der Waals surface area contributed by atoms with Crippen molar-refractivity contribution in [3.05, 3.63) is 82.6 Å². The van der Waals surface area contributed by atoms with E-state index in [1.165, 1.54) is 12.3 Å². The molecule has 0 saturated carbocycles. The molecular formula is C22H17BrFN5O. The van der Waals surface area contributed by atoms with E-state index in [-0.39, 0.29) is 5.91 Å². The van der Waals surface area contributed by atoms with E-state index in [0.29, 0.717) is 18.7 Å². The number of fused-ring (bicyclic) bond motifs is 2. The first-order chi connectivity index (χ1) is 14.5. The van der Waals surface area contributed by atoms with Gasteiger partial charge in [0.05, 0.1) is 11.2 Å². The SMILES string of the molecule is CN1c2ccc(-c3ccnc(F)c3)cc2CCN1C(=O)c1cc2ccc(Br)cn2n1. The molecule has 0 aliphatic carbocycles. The molecule has 0 spiro atoms. The number of hydrogen-bond donors (Lipinski definition) is 0. The fourth-order valence-corrected chi connectivity index (χ4v) is 4.13. The average molecular weight is 466 g/mol. The summed E-state index contributed by atoms with van der Waals surface area (Å²) in [7, 11) is 1.87. The summed E-state index contributed by atoms with van der Waals surface area (Å²) in [6.07, 6.45) is 3.99. The number of carbonyl (C=O) groups is 1. The molecule has 8 heteroatoms. The van der Waals surface area contributed by atoms with Crippen molar-refractivity contribution in [1.82, 2.24) is 19.6 Å². The summed E-state index contributed by atoms with van der Waals surface area (Å²) >= 11 is 3.42. The van der Waals surface area contributed by atoms with Gasteiger partial charge in [-0.05, 0) is 75.4 Å². The standard InChI is InChI=1S/C22H17BrFN5O/c1-27-20-5-2-14(15-6-8-25-21(24)11-15)10-16(20)7-9-29(27)22(30)19-12-18-4-3-17(23)13-28(18)26-19/h2-6,8,10-13H,7,9H2,1H3. The van der Waals surface area contributed by atoms with E-state index >= 15 is 0 Å². The molecule has 1 aliphatic heterocycles. The number of pyridine rings is 2. The lowest BCUT2D eigenvalue weighted by molar-refractivity contribution is 0.0732. The summed E-state index contributed by atoms with van der Waals surface area (Å²) in [5.41, 5.74) is 5.01. The summed E-state index contributed by atoms with van der Waals surface area (Å²) < 4.78 is 16.1. The maximum absolute atomic E-state index is 13.5. The molecule has 0 fully saturated rings. The lowest BCUT2D eigenvalue weighted by Gasteiger charge is -2.38. The topological polar surface area (TPSA) is 53.7 Å². The Morgan fingerprint density at radius 3 is 2.77 bits per heavy atom. The Bertz CT molecular complexity index is 1290. The highest BCUT2D eigenvalue weighted by Gasteiger charge is 2.28. The van der Waals surface area contributed by atoms with Gasteiger partial charge < -0.3 is 0 Å². The molecule has 6 nitrogen and oxygen atoms in total. The molecule has 0 bridgehead atoms. The van der Waals surface area contributed by atoms with Crippen LogP contribution in [0.2, 0.25) is 0 Å². The van der Waals surface area contributed by atoms with Gasteiger partial charge in [0.15, 0.2) is 5.69 Å². The van der Waals surface area contributed by atoms with Gasteiger partial charge in [-0.2, -0.15) is 9.49 Å². The molecule has 5 rings (SSSR count). The largest absolute Gasteiger partial charge is 0.292 e. The number of hydrazine groups is 1. The molecule has 150 valence electrons. The summed E-state index contributed by atoms with van der Waals surface area (Å²) in [5, 5.41) is 7.99. The first-order valence-corrected chi connectivity index (χ1v) is 10.2. The Hall–Kier alpha value is -3.26. The van der Waals surface area contributed by atoms with Crippen LogP contribution in [0.1, 0.15) is 16.1 Å². The molecule has 0 radical (unpaired) electrons. The van der Waals surface area contributed by atoms with Crippen molar-refractivity contribution in [3.8, 4) is 11.1 Å². The molecule has 0 N–H and O–H groups in total. The van der Waals surface area contributed by atoms with Crippen LogP contribution in [-0.4, -0.2) is 39.1 Å². The third-order valence-electron chi connectivity index (χ3n) is 5.32. The van der Waals surface area contributed by atoms with Gasteiger partial charge in [0, 0.05) is 36.5 Å². The van der Waals surface area contributed by atoms with Crippen molar-refractivity contribution < 1.29 is 9.18 Å². The number of nitrogens with zero attached hydrogens (tertiary/aromatic N) is 5. The van der Waals surface area contributed by atoms with Crippen molar-refractivity contribution >= 4 is 33.0 Å². The van der Waals surface area contributed by atoms with Gasteiger partial charge in [0.1, 0.15) is 0 Å². The minimum Gasteiger partial charge on any atom is -0.285 e. The highest BCUT2D eigenvalue weighted by Crippen LogP contribution is 2.32. The average Bonchev–Trinajstić information content (AvgIpc) is 3.16. The minimum absolute atomic E-state index is 0.150. The van der Waals surface area contributed by atoms with Crippen LogP contribution in [0.3, 0.4) is 0 Å². The van der Waals surface area contributed by atoms with Gasteiger partial charge in [-0.15, -0.1) is 0 Å². The van der Waals surface area contributed by atoms with Crippen molar-refractivity contribution in [1.29, 1.82) is 0 Å². The summed E-state index contributed by atoms with van der Waals surface area (Å²) in [6, 6.07) is 14.8. The molecule has 1 aliphatic rings.